The average Bonchev–Trinajstić information content (AvgIpc) is 2.57. The van der Waals surface area contributed by atoms with Crippen molar-refractivity contribution in [3.63, 3.8) is 0 Å². The summed E-state index contributed by atoms with van der Waals surface area (Å²) in [7, 11) is 0. The van der Waals surface area contributed by atoms with E-state index in [0.717, 1.165) is 4.90 Å². The topological polar surface area (TPSA) is 29.0 Å². The monoisotopic (exact) mass is 254 g/mol. The molecule has 0 bridgehead atoms. The zero-order chi connectivity index (χ0) is 13.6. The van der Waals surface area contributed by atoms with Crippen molar-refractivity contribution in [3.05, 3.63) is 18.1 Å². The molecule has 8 heteroatoms. The van der Waals surface area contributed by atoms with Crippen LogP contribution in [-0.4, -0.2) is 29.0 Å². The highest BCUT2D eigenvalue weighted by Crippen LogP contribution is 2.37. The van der Waals surface area contributed by atoms with Crippen LogP contribution in [0.15, 0.2) is 12.5 Å². The van der Waals surface area contributed by atoms with E-state index < -0.39 is 42.7 Å². The zero-order valence-corrected chi connectivity index (χ0v) is 8.43. The molecular weight excluding hydrogens is 245 g/mol. The number of hydrogen-bond acceptors (Lipinski definition) is 3. The fraction of sp³-hybridized carbons (Fsp3) is 0.556. The predicted molar refractivity (Wildman–Crippen MR) is 48.8 cm³/mol. The summed E-state index contributed by atoms with van der Waals surface area (Å²) in [4.78, 5) is 7.29. The fourth-order valence-corrected chi connectivity index (χ4v) is 1.65. The molecule has 0 N–H and O–H groups in total. The molecule has 1 aromatic rings. The van der Waals surface area contributed by atoms with E-state index in [-0.39, 0.29) is 6.54 Å². The SMILES string of the molecule is [2H]c1ncc(C(F)(F)F)c(N2CCC(F)(F)C2)n1. The Morgan fingerprint density at radius 3 is 2.65 bits per heavy atom. The Bertz CT molecular complexity index is 462. The molecule has 1 fully saturated rings. The van der Waals surface area contributed by atoms with E-state index in [9.17, 15) is 22.0 Å². The Balaban J connectivity index is 2.41. The van der Waals surface area contributed by atoms with E-state index in [1.807, 2.05) is 0 Å². The Labute approximate surface area is 94.7 Å². The maximum atomic E-state index is 13.0. The third-order valence-electron chi connectivity index (χ3n) is 2.42. The second-order valence-corrected chi connectivity index (χ2v) is 3.73. The molecule has 1 aliphatic rings. The van der Waals surface area contributed by atoms with Crippen molar-refractivity contribution in [2.75, 3.05) is 18.0 Å². The van der Waals surface area contributed by atoms with Crippen LogP contribution in [0.5, 0.6) is 0 Å². The van der Waals surface area contributed by atoms with Crippen molar-refractivity contribution in [1.29, 1.82) is 0 Å². The van der Waals surface area contributed by atoms with Crippen LogP contribution in [0.3, 0.4) is 0 Å². The van der Waals surface area contributed by atoms with Crippen LogP contribution < -0.4 is 4.90 Å². The van der Waals surface area contributed by atoms with E-state index >= 15 is 0 Å². The number of hydrogen-bond donors (Lipinski definition) is 0. The van der Waals surface area contributed by atoms with E-state index in [1.165, 1.54) is 0 Å². The van der Waals surface area contributed by atoms with Gasteiger partial charge < -0.3 is 4.90 Å². The Hall–Kier alpha value is -1.47. The third-order valence-corrected chi connectivity index (χ3v) is 2.42. The largest absolute Gasteiger partial charge is 0.421 e. The number of anilines is 1. The molecule has 94 valence electrons. The molecule has 1 aliphatic heterocycles. The molecule has 2 rings (SSSR count). The van der Waals surface area contributed by atoms with Crippen molar-refractivity contribution < 1.29 is 23.3 Å². The lowest BCUT2D eigenvalue weighted by Gasteiger charge is -2.20. The molecule has 17 heavy (non-hydrogen) atoms. The van der Waals surface area contributed by atoms with E-state index in [2.05, 4.69) is 9.97 Å². The predicted octanol–water partition coefficient (Wildman–Crippen LogP) is 2.34. The van der Waals surface area contributed by atoms with Gasteiger partial charge in [-0.2, -0.15) is 13.2 Å². The van der Waals surface area contributed by atoms with E-state index in [4.69, 9.17) is 1.37 Å². The summed E-state index contributed by atoms with van der Waals surface area (Å²) in [6.07, 6.45) is -5.45. The molecule has 0 atom stereocenters. The summed E-state index contributed by atoms with van der Waals surface area (Å²) in [5.74, 6) is -3.68. The standard InChI is InChI=1S/C9H8F5N3/c10-8(11)1-2-17(4-8)7-6(9(12,13)14)3-15-5-16-7/h3,5H,1-2,4H2/i5D. The van der Waals surface area contributed by atoms with Gasteiger partial charge in [0, 0.05) is 19.2 Å². The molecule has 1 aromatic heterocycles. The van der Waals surface area contributed by atoms with Gasteiger partial charge in [-0.25, -0.2) is 18.7 Å². The quantitative estimate of drug-likeness (QED) is 0.720. The highest BCUT2D eigenvalue weighted by atomic mass is 19.4. The molecule has 0 unspecified atom stereocenters. The minimum absolute atomic E-state index is 0.230. The Morgan fingerprint density at radius 2 is 2.12 bits per heavy atom. The second-order valence-electron chi connectivity index (χ2n) is 3.73. The van der Waals surface area contributed by atoms with Gasteiger partial charge in [0.05, 0.1) is 6.54 Å². The van der Waals surface area contributed by atoms with Crippen molar-refractivity contribution in [3.8, 4) is 0 Å². The van der Waals surface area contributed by atoms with E-state index in [0.29, 0.717) is 6.20 Å². The van der Waals surface area contributed by atoms with Crippen molar-refractivity contribution >= 4 is 5.82 Å². The summed E-state index contributed by atoms with van der Waals surface area (Å²) in [5.41, 5.74) is -1.20. The molecule has 0 radical (unpaired) electrons. The van der Waals surface area contributed by atoms with Crippen LogP contribution in [0.1, 0.15) is 13.4 Å². The lowest BCUT2D eigenvalue weighted by Crippen LogP contribution is -2.28. The summed E-state index contributed by atoms with van der Waals surface area (Å²) in [5, 5.41) is 0. The molecule has 1 saturated heterocycles. The normalized spacial score (nSPS) is 20.5. The minimum atomic E-state index is -4.74. The van der Waals surface area contributed by atoms with Crippen LogP contribution in [0, 0.1) is 0 Å². The first kappa shape index (κ1) is 10.7. The second kappa shape index (κ2) is 3.78. The molecule has 0 amide bonds. The summed E-state index contributed by atoms with van der Waals surface area (Å²) >= 11 is 0. The van der Waals surface area contributed by atoms with Crippen LogP contribution in [0.2, 0.25) is 0 Å². The highest BCUT2D eigenvalue weighted by molar-refractivity contribution is 5.48. The van der Waals surface area contributed by atoms with Gasteiger partial charge >= 0.3 is 6.18 Å². The Kier molecular flexibility index (Phi) is 2.37. The molecule has 0 saturated carbocycles. The van der Waals surface area contributed by atoms with Gasteiger partial charge in [0.2, 0.25) is 0 Å². The van der Waals surface area contributed by atoms with Gasteiger partial charge in [-0.15, -0.1) is 0 Å². The number of rotatable bonds is 1. The van der Waals surface area contributed by atoms with Gasteiger partial charge in [-0.3, -0.25) is 0 Å². The molecule has 2 heterocycles. The highest BCUT2D eigenvalue weighted by Gasteiger charge is 2.43. The molecule has 0 spiro atoms. The van der Waals surface area contributed by atoms with Crippen molar-refractivity contribution in [1.82, 2.24) is 9.97 Å². The molecule has 3 nitrogen and oxygen atoms in total. The van der Waals surface area contributed by atoms with E-state index in [1.54, 1.807) is 0 Å². The van der Waals surface area contributed by atoms with Crippen LogP contribution >= 0.6 is 0 Å². The zero-order valence-electron chi connectivity index (χ0n) is 9.43. The van der Waals surface area contributed by atoms with Crippen LogP contribution in [0.4, 0.5) is 27.8 Å². The lowest BCUT2D eigenvalue weighted by atomic mass is 10.3. The fourth-order valence-electron chi connectivity index (χ4n) is 1.65. The lowest BCUT2D eigenvalue weighted by molar-refractivity contribution is -0.137. The number of alkyl halides is 5. The third kappa shape index (κ3) is 2.45. The minimum Gasteiger partial charge on any atom is -0.350 e. The summed E-state index contributed by atoms with van der Waals surface area (Å²) in [6, 6.07) is 0. The summed E-state index contributed by atoms with van der Waals surface area (Å²) in [6.45, 7) is -1.06. The van der Waals surface area contributed by atoms with Gasteiger partial charge in [0.1, 0.15) is 19.1 Å². The number of aromatic nitrogens is 2. The summed E-state index contributed by atoms with van der Waals surface area (Å²) < 4.78 is 71.1. The van der Waals surface area contributed by atoms with Gasteiger partial charge in [0.15, 0.2) is 0 Å². The first-order valence-electron chi connectivity index (χ1n) is 5.23. The smallest absolute Gasteiger partial charge is 0.350 e. The van der Waals surface area contributed by atoms with Crippen molar-refractivity contribution in [2.24, 2.45) is 0 Å². The molecule has 0 aromatic carbocycles. The van der Waals surface area contributed by atoms with Crippen molar-refractivity contribution in [2.45, 2.75) is 18.5 Å². The Morgan fingerprint density at radius 1 is 1.41 bits per heavy atom. The van der Waals surface area contributed by atoms with Crippen LogP contribution in [0.25, 0.3) is 0 Å². The molecule has 0 aliphatic carbocycles. The first-order valence-corrected chi connectivity index (χ1v) is 4.73. The van der Waals surface area contributed by atoms with Gasteiger partial charge in [-0.1, -0.05) is 0 Å². The molecular formula is C9H8F5N3. The maximum absolute atomic E-state index is 13.0. The number of nitrogens with zero attached hydrogens (tertiary/aromatic N) is 3. The van der Waals surface area contributed by atoms with Gasteiger partial charge in [0.25, 0.3) is 5.92 Å². The first-order chi connectivity index (χ1) is 8.19. The van der Waals surface area contributed by atoms with Crippen LogP contribution in [-0.2, 0) is 6.18 Å². The maximum Gasteiger partial charge on any atom is 0.421 e. The average molecular weight is 254 g/mol. The van der Waals surface area contributed by atoms with Gasteiger partial charge in [-0.05, 0) is 0 Å². The number of halogens is 5.